The van der Waals surface area contributed by atoms with E-state index in [1.807, 2.05) is 29.5 Å². The molecule has 4 aromatic heterocycles. The molecule has 10 aromatic rings. The highest BCUT2D eigenvalue weighted by molar-refractivity contribution is 7.26. The second-order valence-electron chi connectivity index (χ2n) is 12.0. The summed E-state index contributed by atoms with van der Waals surface area (Å²) in [6, 6.07) is 53.5. The number of benzene rings is 6. The summed E-state index contributed by atoms with van der Waals surface area (Å²) < 4.78 is 2.63. The predicted octanol–water partition coefficient (Wildman–Crippen LogP) is 11.9. The van der Waals surface area contributed by atoms with Crippen LogP contribution in [0.15, 0.2) is 152 Å². The molecule has 0 amide bonds. The van der Waals surface area contributed by atoms with Crippen molar-refractivity contribution in [3.63, 3.8) is 0 Å². The van der Waals surface area contributed by atoms with E-state index in [0.717, 1.165) is 61.1 Å². The Hall–Kier alpha value is -5.97. The van der Waals surface area contributed by atoms with E-state index in [-0.39, 0.29) is 0 Å². The van der Waals surface area contributed by atoms with Gasteiger partial charge in [-0.15, -0.1) is 11.3 Å². The van der Waals surface area contributed by atoms with E-state index in [9.17, 15) is 0 Å². The highest BCUT2D eigenvalue weighted by Crippen LogP contribution is 2.43. The molecule has 0 aliphatic heterocycles. The summed E-state index contributed by atoms with van der Waals surface area (Å²) in [5.74, 6) is 0. The molecule has 0 radical (unpaired) electrons. The predicted molar refractivity (Wildman–Crippen MR) is 199 cm³/mol. The van der Waals surface area contributed by atoms with Gasteiger partial charge in [-0.25, -0.2) is 15.0 Å². The lowest BCUT2D eigenvalue weighted by atomic mass is 9.97. The molecule has 0 fully saturated rings. The van der Waals surface area contributed by atoms with Gasteiger partial charge < -0.3 is 0 Å². The van der Waals surface area contributed by atoms with Crippen LogP contribution in [-0.2, 0) is 0 Å². The Morgan fingerprint density at radius 1 is 0.383 bits per heavy atom. The molecule has 47 heavy (non-hydrogen) atoms. The van der Waals surface area contributed by atoms with Crippen LogP contribution in [0, 0.1) is 0 Å². The van der Waals surface area contributed by atoms with Crippen LogP contribution in [0.25, 0.3) is 97.4 Å². The Morgan fingerprint density at radius 3 is 1.70 bits per heavy atom. The minimum Gasteiger partial charge on any atom is -0.247 e. The number of rotatable bonds is 3. The van der Waals surface area contributed by atoms with Gasteiger partial charge in [-0.3, -0.25) is 0 Å². The van der Waals surface area contributed by atoms with E-state index in [0.29, 0.717) is 0 Å². The first kappa shape index (κ1) is 26.3. The monoisotopic (exact) mass is 615 g/mol. The fourth-order valence-electron chi connectivity index (χ4n) is 6.93. The third-order valence-corrected chi connectivity index (χ3v) is 10.5. The third kappa shape index (κ3) is 4.16. The molecule has 4 heteroatoms. The maximum Gasteiger partial charge on any atom is 0.0972 e. The summed E-state index contributed by atoms with van der Waals surface area (Å²) in [5.41, 5.74) is 8.96. The van der Waals surface area contributed by atoms with Gasteiger partial charge in [0.1, 0.15) is 0 Å². The smallest absolute Gasteiger partial charge is 0.0972 e. The summed E-state index contributed by atoms with van der Waals surface area (Å²) >= 11 is 1.87. The summed E-state index contributed by atoms with van der Waals surface area (Å²) in [7, 11) is 0. The molecule has 0 aliphatic rings. The molecule has 10 rings (SSSR count). The second kappa shape index (κ2) is 10.3. The van der Waals surface area contributed by atoms with Gasteiger partial charge >= 0.3 is 0 Å². The van der Waals surface area contributed by atoms with Gasteiger partial charge in [-0.2, -0.15) is 0 Å². The molecule has 0 atom stereocenters. The van der Waals surface area contributed by atoms with Crippen molar-refractivity contribution in [2.24, 2.45) is 0 Å². The van der Waals surface area contributed by atoms with Crippen LogP contribution in [-0.4, -0.2) is 15.0 Å². The van der Waals surface area contributed by atoms with E-state index in [1.165, 1.54) is 36.3 Å². The maximum atomic E-state index is 5.23. The minimum absolute atomic E-state index is 0.913. The zero-order valence-electron chi connectivity index (χ0n) is 25.2. The van der Waals surface area contributed by atoms with Crippen molar-refractivity contribution in [2.75, 3.05) is 0 Å². The highest BCUT2D eigenvalue weighted by atomic mass is 32.1. The van der Waals surface area contributed by atoms with Crippen molar-refractivity contribution < 1.29 is 0 Å². The molecular formula is C43H25N3S. The Morgan fingerprint density at radius 2 is 0.957 bits per heavy atom. The lowest BCUT2D eigenvalue weighted by Gasteiger charge is -2.12. The topological polar surface area (TPSA) is 38.7 Å². The van der Waals surface area contributed by atoms with Crippen molar-refractivity contribution in [1.29, 1.82) is 0 Å². The molecule has 0 unspecified atom stereocenters. The van der Waals surface area contributed by atoms with Crippen LogP contribution < -0.4 is 0 Å². The highest BCUT2D eigenvalue weighted by Gasteiger charge is 2.16. The van der Waals surface area contributed by atoms with Crippen molar-refractivity contribution >= 4 is 75.0 Å². The number of fused-ring (bicyclic) bond motifs is 10. The average molecular weight is 616 g/mol. The van der Waals surface area contributed by atoms with Crippen molar-refractivity contribution in [3.8, 4) is 33.8 Å². The number of thiophene rings is 1. The van der Waals surface area contributed by atoms with Gasteiger partial charge in [0.2, 0.25) is 0 Å². The standard InChI is InChI=1S/C43H25N3S/c1-2-8-26(9-3-1)35-24-20-29-18-19-30-21-25-36(45-42(30)41(29)44-35)27-14-16-28(17-15-27)40-34-23-22-32-31-10-5-7-13-38(31)47-43(32)39(34)33-11-4-6-12-37(33)46-40/h1-25H. The SMILES string of the molecule is c1ccc(-c2ccc3ccc4ccc(-c5ccc(-c6nc7ccccc7c7c6ccc6c8ccccc8sc67)cc5)nc4c3n2)cc1. The third-order valence-electron chi connectivity index (χ3n) is 9.25. The normalized spacial score (nSPS) is 11.8. The number of aromatic nitrogens is 3. The Balaban J connectivity index is 1.12. The molecule has 0 bridgehead atoms. The largest absolute Gasteiger partial charge is 0.247 e. The minimum atomic E-state index is 0.913. The second-order valence-corrected chi connectivity index (χ2v) is 13.0. The molecule has 0 saturated heterocycles. The number of nitrogens with zero attached hydrogens (tertiary/aromatic N) is 3. The first-order chi connectivity index (χ1) is 23.3. The van der Waals surface area contributed by atoms with Crippen molar-refractivity contribution in [3.05, 3.63) is 152 Å². The van der Waals surface area contributed by atoms with Crippen molar-refractivity contribution in [2.45, 2.75) is 0 Å². The van der Waals surface area contributed by atoms with Crippen LogP contribution in [0.3, 0.4) is 0 Å². The van der Waals surface area contributed by atoms with Crippen LogP contribution in [0.2, 0.25) is 0 Å². The molecule has 0 aliphatic carbocycles. The summed E-state index contributed by atoms with van der Waals surface area (Å²) in [5, 5.41) is 8.41. The van der Waals surface area contributed by atoms with E-state index >= 15 is 0 Å². The summed E-state index contributed by atoms with van der Waals surface area (Å²) in [6.07, 6.45) is 0. The zero-order chi connectivity index (χ0) is 30.9. The Bertz CT molecular complexity index is 2840. The molecule has 218 valence electrons. The fourth-order valence-corrected chi connectivity index (χ4v) is 8.20. The molecule has 0 spiro atoms. The molecule has 0 saturated carbocycles. The van der Waals surface area contributed by atoms with E-state index in [4.69, 9.17) is 15.0 Å². The number of hydrogen-bond acceptors (Lipinski definition) is 4. The maximum absolute atomic E-state index is 5.23. The van der Waals surface area contributed by atoms with Gasteiger partial charge in [0.05, 0.1) is 33.6 Å². The van der Waals surface area contributed by atoms with Gasteiger partial charge in [0.25, 0.3) is 0 Å². The molecule has 3 nitrogen and oxygen atoms in total. The first-order valence-corrected chi connectivity index (χ1v) is 16.6. The lowest BCUT2D eigenvalue weighted by Crippen LogP contribution is -1.92. The van der Waals surface area contributed by atoms with Crippen molar-refractivity contribution in [1.82, 2.24) is 15.0 Å². The molecular weight excluding hydrogens is 591 g/mol. The Kier molecular flexibility index (Phi) is 5.74. The molecule has 6 aromatic carbocycles. The number of pyridine rings is 3. The average Bonchev–Trinajstić information content (AvgIpc) is 3.53. The number of para-hydroxylation sites is 1. The Labute approximate surface area is 274 Å². The van der Waals surface area contributed by atoms with E-state index in [2.05, 4.69) is 133 Å². The zero-order valence-corrected chi connectivity index (χ0v) is 26.0. The van der Waals surface area contributed by atoms with Crippen LogP contribution >= 0.6 is 11.3 Å². The summed E-state index contributed by atoms with van der Waals surface area (Å²) in [6.45, 7) is 0. The number of hydrogen-bond donors (Lipinski definition) is 0. The van der Waals surface area contributed by atoms with Gasteiger partial charge in [-0.1, -0.05) is 127 Å². The summed E-state index contributed by atoms with van der Waals surface area (Å²) in [4.78, 5) is 15.5. The molecule has 0 N–H and O–H groups in total. The first-order valence-electron chi connectivity index (χ1n) is 15.8. The fraction of sp³-hybridized carbons (Fsp3) is 0. The lowest BCUT2D eigenvalue weighted by molar-refractivity contribution is 1.36. The van der Waals surface area contributed by atoms with Crippen LogP contribution in [0.1, 0.15) is 0 Å². The van der Waals surface area contributed by atoms with Gasteiger partial charge in [0.15, 0.2) is 0 Å². The van der Waals surface area contributed by atoms with Gasteiger partial charge in [0, 0.05) is 63.8 Å². The quantitative estimate of drug-likeness (QED) is 0.186. The molecule has 4 heterocycles. The van der Waals surface area contributed by atoms with E-state index in [1.54, 1.807) is 0 Å². The van der Waals surface area contributed by atoms with Crippen LogP contribution in [0.4, 0.5) is 0 Å². The van der Waals surface area contributed by atoms with Gasteiger partial charge in [-0.05, 0) is 24.3 Å². The van der Waals surface area contributed by atoms with E-state index < -0.39 is 0 Å². The van der Waals surface area contributed by atoms with Crippen LogP contribution in [0.5, 0.6) is 0 Å².